The Balaban J connectivity index is 2.00. The van der Waals surface area contributed by atoms with E-state index in [-0.39, 0.29) is 5.54 Å². The predicted molar refractivity (Wildman–Crippen MR) is 76.2 cm³/mol. The minimum atomic E-state index is 0.244. The van der Waals surface area contributed by atoms with Crippen molar-refractivity contribution in [3.8, 4) is 5.75 Å². The summed E-state index contributed by atoms with van der Waals surface area (Å²) in [5, 5.41) is 0. The van der Waals surface area contributed by atoms with E-state index in [0.29, 0.717) is 6.10 Å². The monoisotopic (exact) mass is 247 g/mol. The lowest BCUT2D eigenvalue weighted by Crippen LogP contribution is -2.50. The van der Waals surface area contributed by atoms with Crippen LogP contribution in [0.25, 0.3) is 0 Å². The van der Waals surface area contributed by atoms with Crippen molar-refractivity contribution in [3.05, 3.63) is 29.8 Å². The highest BCUT2D eigenvalue weighted by Crippen LogP contribution is 2.25. The fourth-order valence-corrected chi connectivity index (χ4v) is 2.51. The third-order valence-corrected chi connectivity index (χ3v) is 3.71. The first-order valence-electron chi connectivity index (χ1n) is 6.94. The van der Waals surface area contributed by atoms with E-state index in [1.165, 1.54) is 24.9 Å². The van der Waals surface area contributed by atoms with Crippen LogP contribution >= 0.6 is 0 Å². The lowest BCUT2D eigenvalue weighted by Gasteiger charge is -2.41. The Morgan fingerprint density at radius 2 is 1.94 bits per heavy atom. The molecule has 0 aromatic heterocycles. The number of benzene rings is 1. The molecule has 2 nitrogen and oxygen atoms in total. The summed E-state index contributed by atoms with van der Waals surface area (Å²) in [5.74, 6) is 1.04. The average Bonchev–Trinajstić information content (AvgIpc) is 2.31. The molecular formula is C16H25NO. The van der Waals surface area contributed by atoms with E-state index in [4.69, 9.17) is 4.74 Å². The van der Waals surface area contributed by atoms with Crippen LogP contribution in [0.4, 0.5) is 0 Å². The van der Waals surface area contributed by atoms with Crippen LogP contribution in [0, 0.1) is 6.92 Å². The molecule has 1 aliphatic heterocycles. The standard InChI is InChI=1S/C16H25NO/c1-13-8-5-6-10-15(13)18-14-9-7-11-17(12-14)16(2,3)4/h5-6,8,10,14H,7,9,11-12H2,1-4H3. The Bertz CT molecular complexity index is 394. The van der Waals surface area contributed by atoms with Crippen molar-refractivity contribution < 1.29 is 4.74 Å². The highest BCUT2D eigenvalue weighted by atomic mass is 16.5. The third-order valence-electron chi connectivity index (χ3n) is 3.71. The lowest BCUT2D eigenvalue weighted by molar-refractivity contribution is 0.0344. The van der Waals surface area contributed by atoms with Crippen molar-refractivity contribution in [3.63, 3.8) is 0 Å². The van der Waals surface area contributed by atoms with Gasteiger partial charge in [0.05, 0.1) is 0 Å². The second-order valence-electron chi connectivity index (χ2n) is 6.26. The maximum Gasteiger partial charge on any atom is 0.122 e. The van der Waals surface area contributed by atoms with Gasteiger partial charge in [0.2, 0.25) is 0 Å². The lowest BCUT2D eigenvalue weighted by atomic mass is 9.99. The molecule has 0 bridgehead atoms. The summed E-state index contributed by atoms with van der Waals surface area (Å²) in [6, 6.07) is 8.29. The highest BCUT2D eigenvalue weighted by Gasteiger charge is 2.28. The van der Waals surface area contributed by atoms with E-state index in [1.807, 2.05) is 6.07 Å². The van der Waals surface area contributed by atoms with Crippen LogP contribution in [-0.2, 0) is 0 Å². The van der Waals surface area contributed by atoms with E-state index in [1.54, 1.807) is 0 Å². The molecular weight excluding hydrogens is 222 g/mol. The molecule has 1 unspecified atom stereocenters. The molecule has 2 rings (SSSR count). The second kappa shape index (κ2) is 5.31. The van der Waals surface area contributed by atoms with Gasteiger partial charge in [0.15, 0.2) is 0 Å². The van der Waals surface area contributed by atoms with Crippen molar-refractivity contribution in [2.75, 3.05) is 13.1 Å². The van der Waals surface area contributed by atoms with Crippen LogP contribution in [0.1, 0.15) is 39.2 Å². The maximum atomic E-state index is 6.17. The van der Waals surface area contributed by atoms with E-state index in [9.17, 15) is 0 Å². The molecule has 1 saturated heterocycles. The van der Waals surface area contributed by atoms with Crippen molar-refractivity contribution >= 4 is 0 Å². The molecule has 0 aliphatic carbocycles. The summed E-state index contributed by atoms with van der Waals surface area (Å²) in [7, 11) is 0. The van der Waals surface area contributed by atoms with Gasteiger partial charge in [0.1, 0.15) is 11.9 Å². The molecule has 1 aromatic rings. The Morgan fingerprint density at radius 1 is 1.22 bits per heavy atom. The number of likely N-dealkylation sites (tertiary alicyclic amines) is 1. The first kappa shape index (κ1) is 13.4. The molecule has 0 spiro atoms. The predicted octanol–water partition coefficient (Wildman–Crippen LogP) is 3.64. The van der Waals surface area contributed by atoms with E-state index in [0.717, 1.165) is 12.3 Å². The van der Waals surface area contributed by atoms with E-state index >= 15 is 0 Å². The average molecular weight is 247 g/mol. The van der Waals surface area contributed by atoms with Gasteiger partial charge >= 0.3 is 0 Å². The van der Waals surface area contributed by atoms with Gasteiger partial charge in [-0.3, -0.25) is 4.90 Å². The number of nitrogens with zero attached hydrogens (tertiary/aromatic N) is 1. The molecule has 1 aromatic carbocycles. The molecule has 0 saturated carbocycles. The summed E-state index contributed by atoms with van der Waals surface area (Å²) in [6.45, 7) is 11.2. The Labute approximate surface area is 111 Å². The van der Waals surface area contributed by atoms with Gasteiger partial charge in [-0.05, 0) is 58.7 Å². The molecule has 1 fully saturated rings. The maximum absolute atomic E-state index is 6.17. The van der Waals surface area contributed by atoms with Crippen molar-refractivity contribution in [1.29, 1.82) is 0 Å². The third kappa shape index (κ3) is 3.26. The molecule has 1 heterocycles. The normalized spacial score (nSPS) is 21.9. The summed E-state index contributed by atoms with van der Waals surface area (Å²) in [5.41, 5.74) is 1.47. The summed E-state index contributed by atoms with van der Waals surface area (Å²) in [4.78, 5) is 2.53. The number of aryl methyl sites for hydroxylation is 1. The number of hydrogen-bond acceptors (Lipinski definition) is 2. The van der Waals surface area contributed by atoms with Gasteiger partial charge in [-0.15, -0.1) is 0 Å². The zero-order valence-electron chi connectivity index (χ0n) is 12.1. The Kier molecular flexibility index (Phi) is 3.96. The summed E-state index contributed by atoms with van der Waals surface area (Å²) in [6.07, 6.45) is 2.73. The molecule has 100 valence electrons. The van der Waals surface area contributed by atoms with Gasteiger partial charge in [-0.1, -0.05) is 18.2 Å². The Morgan fingerprint density at radius 3 is 2.61 bits per heavy atom. The molecule has 2 heteroatoms. The minimum absolute atomic E-state index is 0.244. The molecule has 1 aliphatic rings. The first-order valence-corrected chi connectivity index (χ1v) is 6.94. The van der Waals surface area contributed by atoms with Crippen LogP contribution in [0.3, 0.4) is 0 Å². The van der Waals surface area contributed by atoms with Gasteiger partial charge < -0.3 is 4.74 Å². The van der Waals surface area contributed by atoms with Crippen molar-refractivity contribution in [2.45, 2.75) is 52.2 Å². The summed E-state index contributed by atoms with van der Waals surface area (Å²) >= 11 is 0. The number of ether oxygens (including phenoxy) is 1. The van der Waals surface area contributed by atoms with E-state index in [2.05, 4.69) is 50.8 Å². The molecule has 18 heavy (non-hydrogen) atoms. The van der Waals surface area contributed by atoms with E-state index < -0.39 is 0 Å². The molecule has 1 atom stereocenters. The largest absolute Gasteiger partial charge is 0.489 e. The van der Waals surface area contributed by atoms with Crippen LogP contribution in [0.2, 0.25) is 0 Å². The topological polar surface area (TPSA) is 12.5 Å². The number of hydrogen-bond donors (Lipinski definition) is 0. The van der Waals surface area contributed by atoms with Crippen LogP contribution < -0.4 is 4.74 Å². The summed E-state index contributed by atoms with van der Waals surface area (Å²) < 4.78 is 6.17. The van der Waals surface area contributed by atoms with Crippen LogP contribution in [0.5, 0.6) is 5.75 Å². The van der Waals surface area contributed by atoms with Crippen molar-refractivity contribution in [2.24, 2.45) is 0 Å². The quantitative estimate of drug-likeness (QED) is 0.791. The second-order valence-corrected chi connectivity index (χ2v) is 6.26. The number of rotatable bonds is 2. The Hall–Kier alpha value is -1.02. The minimum Gasteiger partial charge on any atom is -0.489 e. The fourth-order valence-electron chi connectivity index (χ4n) is 2.51. The SMILES string of the molecule is Cc1ccccc1OC1CCCN(C(C)(C)C)C1. The number of para-hydroxylation sites is 1. The zero-order valence-corrected chi connectivity index (χ0v) is 12.1. The van der Waals surface area contributed by atoms with Crippen molar-refractivity contribution in [1.82, 2.24) is 4.90 Å². The smallest absolute Gasteiger partial charge is 0.122 e. The molecule has 0 amide bonds. The zero-order chi connectivity index (χ0) is 13.2. The van der Waals surface area contributed by atoms with Crippen LogP contribution in [0.15, 0.2) is 24.3 Å². The fraction of sp³-hybridized carbons (Fsp3) is 0.625. The van der Waals surface area contributed by atoms with Crippen LogP contribution in [-0.4, -0.2) is 29.6 Å². The number of piperidine rings is 1. The highest BCUT2D eigenvalue weighted by molar-refractivity contribution is 5.32. The van der Waals surface area contributed by atoms with Gasteiger partial charge in [0.25, 0.3) is 0 Å². The van der Waals surface area contributed by atoms with Gasteiger partial charge in [0, 0.05) is 12.1 Å². The van der Waals surface area contributed by atoms with Gasteiger partial charge in [-0.2, -0.15) is 0 Å². The first-order chi connectivity index (χ1) is 8.47. The molecule has 0 radical (unpaired) electrons. The van der Waals surface area contributed by atoms with Gasteiger partial charge in [-0.25, -0.2) is 0 Å². The molecule has 0 N–H and O–H groups in total.